The summed E-state index contributed by atoms with van der Waals surface area (Å²) in [6, 6.07) is 0.661. The number of hydrogen-bond donors (Lipinski definition) is 1. The van der Waals surface area contributed by atoms with Gasteiger partial charge in [0.25, 0.3) is 0 Å². The van der Waals surface area contributed by atoms with Crippen LogP contribution in [-0.4, -0.2) is 29.1 Å². The molecule has 0 bridgehead atoms. The van der Waals surface area contributed by atoms with Crippen LogP contribution < -0.4 is 5.32 Å². The van der Waals surface area contributed by atoms with Crippen LogP contribution in [0.15, 0.2) is 0 Å². The number of piperidine rings is 1. The van der Waals surface area contributed by atoms with E-state index in [0.717, 1.165) is 12.5 Å². The molecule has 3 nitrogen and oxygen atoms in total. The van der Waals surface area contributed by atoms with Crippen LogP contribution in [0.3, 0.4) is 0 Å². The summed E-state index contributed by atoms with van der Waals surface area (Å²) in [4.78, 5) is 14.4. The first-order valence-corrected chi connectivity index (χ1v) is 7.06. The Morgan fingerprint density at radius 2 is 1.76 bits per heavy atom. The van der Waals surface area contributed by atoms with Gasteiger partial charge in [0.2, 0.25) is 0 Å². The molecule has 0 aromatic carbocycles. The number of likely N-dealkylation sites (tertiary alicyclic amines) is 1. The smallest absolute Gasteiger partial charge is 0.318 e. The molecule has 98 valence electrons. The van der Waals surface area contributed by atoms with Crippen LogP contribution in [0.4, 0.5) is 4.79 Å². The second-order valence-electron chi connectivity index (χ2n) is 6.63. The molecule has 1 saturated heterocycles. The van der Waals surface area contributed by atoms with Crippen LogP contribution in [0.1, 0.15) is 59.3 Å². The van der Waals surface area contributed by atoms with Crippen LogP contribution in [0.2, 0.25) is 0 Å². The van der Waals surface area contributed by atoms with E-state index < -0.39 is 0 Å². The highest BCUT2D eigenvalue weighted by Crippen LogP contribution is 2.35. The molecule has 1 aliphatic carbocycles. The summed E-state index contributed by atoms with van der Waals surface area (Å²) in [5.74, 6) is 0.767. The lowest BCUT2D eigenvalue weighted by atomic mass is 9.78. The summed E-state index contributed by atoms with van der Waals surface area (Å²) in [5.41, 5.74) is -0.126. The first-order chi connectivity index (χ1) is 7.97. The third-order valence-electron chi connectivity index (χ3n) is 3.99. The van der Waals surface area contributed by atoms with Crippen molar-refractivity contribution in [3.8, 4) is 0 Å². The zero-order valence-electron chi connectivity index (χ0n) is 11.5. The molecule has 0 spiro atoms. The fourth-order valence-electron chi connectivity index (χ4n) is 3.27. The molecule has 17 heavy (non-hydrogen) atoms. The topological polar surface area (TPSA) is 32.3 Å². The molecular weight excluding hydrogens is 212 g/mol. The van der Waals surface area contributed by atoms with Crippen molar-refractivity contribution in [1.29, 1.82) is 0 Å². The Morgan fingerprint density at radius 1 is 1.12 bits per heavy atom. The molecule has 0 unspecified atom stereocenters. The van der Waals surface area contributed by atoms with Crippen molar-refractivity contribution < 1.29 is 4.79 Å². The van der Waals surface area contributed by atoms with Crippen molar-refractivity contribution in [3.05, 3.63) is 0 Å². The summed E-state index contributed by atoms with van der Waals surface area (Å²) in [6.07, 6.45) is 7.69. The number of carbonyl (C=O) groups excluding carboxylic acids is 1. The minimum atomic E-state index is -0.126. The van der Waals surface area contributed by atoms with E-state index in [9.17, 15) is 4.79 Å². The molecule has 3 heteroatoms. The molecule has 1 saturated carbocycles. The highest BCUT2D eigenvalue weighted by molar-refractivity contribution is 5.75. The standard InChI is InChI=1S/C14H26N2O/c1-14(2,3)15-13(17)16-10-6-8-11-7-4-5-9-12(11)16/h11-12H,4-10H2,1-3H3,(H,15,17)/t11-,12-/m1/s1. The molecule has 2 rings (SSSR count). The molecule has 0 aromatic heterocycles. The zero-order chi connectivity index (χ0) is 12.5. The first kappa shape index (κ1) is 12.7. The van der Waals surface area contributed by atoms with Crippen molar-refractivity contribution in [2.75, 3.05) is 6.54 Å². The lowest BCUT2D eigenvalue weighted by molar-refractivity contribution is 0.0809. The minimum Gasteiger partial charge on any atom is -0.333 e. The molecule has 1 N–H and O–H groups in total. The van der Waals surface area contributed by atoms with Gasteiger partial charge >= 0.3 is 6.03 Å². The Balaban J connectivity index is 2.01. The fraction of sp³-hybridized carbons (Fsp3) is 0.929. The van der Waals surface area contributed by atoms with Crippen LogP contribution >= 0.6 is 0 Å². The van der Waals surface area contributed by atoms with E-state index in [-0.39, 0.29) is 11.6 Å². The van der Waals surface area contributed by atoms with E-state index in [4.69, 9.17) is 0 Å². The van der Waals surface area contributed by atoms with Crippen molar-refractivity contribution >= 4 is 6.03 Å². The lowest BCUT2D eigenvalue weighted by Crippen LogP contribution is -2.56. The zero-order valence-corrected chi connectivity index (χ0v) is 11.5. The normalized spacial score (nSPS) is 29.7. The van der Waals surface area contributed by atoms with Gasteiger partial charge in [-0.05, 0) is 52.4 Å². The predicted molar refractivity (Wildman–Crippen MR) is 70.0 cm³/mol. The number of fused-ring (bicyclic) bond motifs is 1. The second-order valence-corrected chi connectivity index (χ2v) is 6.63. The molecule has 0 aromatic rings. The molecule has 1 heterocycles. The minimum absolute atomic E-state index is 0.126. The predicted octanol–water partition coefficient (Wildman–Crippen LogP) is 3.15. The quantitative estimate of drug-likeness (QED) is 0.691. The second kappa shape index (κ2) is 4.87. The van der Waals surface area contributed by atoms with Gasteiger partial charge in [-0.2, -0.15) is 0 Å². The summed E-state index contributed by atoms with van der Waals surface area (Å²) in [6.45, 7) is 7.09. The number of carbonyl (C=O) groups is 1. The maximum absolute atomic E-state index is 12.3. The maximum Gasteiger partial charge on any atom is 0.318 e. The Hall–Kier alpha value is -0.730. The Morgan fingerprint density at radius 3 is 2.47 bits per heavy atom. The maximum atomic E-state index is 12.3. The Kier molecular flexibility index (Phi) is 3.64. The monoisotopic (exact) mass is 238 g/mol. The molecule has 2 amide bonds. The number of nitrogens with one attached hydrogen (secondary N) is 1. The summed E-state index contributed by atoms with van der Waals surface area (Å²) < 4.78 is 0. The molecule has 2 atom stereocenters. The highest BCUT2D eigenvalue weighted by atomic mass is 16.2. The van der Waals surface area contributed by atoms with Gasteiger partial charge in [0.1, 0.15) is 0 Å². The molecule has 1 aliphatic heterocycles. The Bertz CT molecular complexity index is 280. The lowest BCUT2D eigenvalue weighted by Gasteiger charge is -2.44. The average Bonchev–Trinajstić information content (AvgIpc) is 2.26. The van der Waals surface area contributed by atoms with Gasteiger partial charge in [0.15, 0.2) is 0 Å². The van der Waals surface area contributed by atoms with Gasteiger partial charge in [-0.15, -0.1) is 0 Å². The van der Waals surface area contributed by atoms with Gasteiger partial charge < -0.3 is 10.2 Å². The van der Waals surface area contributed by atoms with Gasteiger partial charge in [0.05, 0.1) is 0 Å². The Labute approximate surface area is 105 Å². The van der Waals surface area contributed by atoms with E-state index in [1.165, 1.54) is 38.5 Å². The average molecular weight is 238 g/mol. The van der Waals surface area contributed by atoms with Crippen LogP contribution in [-0.2, 0) is 0 Å². The third kappa shape index (κ3) is 3.14. The van der Waals surface area contributed by atoms with Crippen molar-refractivity contribution in [1.82, 2.24) is 10.2 Å². The molecular formula is C14H26N2O. The number of nitrogens with zero attached hydrogens (tertiary/aromatic N) is 1. The van der Waals surface area contributed by atoms with Crippen molar-refractivity contribution in [2.45, 2.75) is 70.9 Å². The SMILES string of the molecule is CC(C)(C)NC(=O)N1CCC[C@H]2CCCC[C@H]21. The van der Waals surface area contributed by atoms with E-state index in [1.807, 2.05) is 20.8 Å². The highest BCUT2D eigenvalue weighted by Gasteiger charge is 2.36. The first-order valence-electron chi connectivity index (χ1n) is 7.06. The third-order valence-corrected chi connectivity index (χ3v) is 3.99. The number of amides is 2. The van der Waals surface area contributed by atoms with Gasteiger partial charge in [0, 0.05) is 18.1 Å². The van der Waals surface area contributed by atoms with Crippen LogP contribution in [0, 0.1) is 5.92 Å². The number of rotatable bonds is 0. The summed E-state index contributed by atoms with van der Waals surface area (Å²) in [7, 11) is 0. The van der Waals surface area contributed by atoms with E-state index >= 15 is 0 Å². The summed E-state index contributed by atoms with van der Waals surface area (Å²) in [5, 5.41) is 3.11. The molecule has 0 radical (unpaired) electrons. The fourth-order valence-corrected chi connectivity index (χ4v) is 3.27. The summed E-state index contributed by atoms with van der Waals surface area (Å²) >= 11 is 0. The van der Waals surface area contributed by atoms with Gasteiger partial charge in [-0.3, -0.25) is 0 Å². The number of hydrogen-bond acceptors (Lipinski definition) is 1. The number of urea groups is 1. The molecule has 2 fully saturated rings. The van der Waals surface area contributed by atoms with E-state index in [0.29, 0.717) is 6.04 Å². The van der Waals surface area contributed by atoms with Crippen LogP contribution in [0.25, 0.3) is 0 Å². The largest absolute Gasteiger partial charge is 0.333 e. The van der Waals surface area contributed by atoms with E-state index in [2.05, 4.69) is 10.2 Å². The van der Waals surface area contributed by atoms with Crippen molar-refractivity contribution in [3.63, 3.8) is 0 Å². The van der Waals surface area contributed by atoms with E-state index in [1.54, 1.807) is 0 Å². The van der Waals surface area contributed by atoms with Crippen LogP contribution in [0.5, 0.6) is 0 Å². The molecule has 2 aliphatic rings. The van der Waals surface area contributed by atoms with Gasteiger partial charge in [-0.1, -0.05) is 12.8 Å². The van der Waals surface area contributed by atoms with Gasteiger partial charge in [-0.25, -0.2) is 4.79 Å². The van der Waals surface area contributed by atoms with Crippen molar-refractivity contribution in [2.24, 2.45) is 5.92 Å².